The number of fused-ring (bicyclic) bond motifs is 2. The van der Waals surface area contributed by atoms with Gasteiger partial charge in [0.25, 0.3) is 0 Å². The Labute approximate surface area is 164 Å². The topological polar surface area (TPSA) is 45.6 Å². The van der Waals surface area contributed by atoms with Gasteiger partial charge >= 0.3 is 0 Å². The highest BCUT2D eigenvalue weighted by Crippen LogP contribution is 2.48. The van der Waals surface area contributed by atoms with Crippen LogP contribution in [0.4, 0.5) is 0 Å². The number of aliphatic hydroxyl groups is 1. The number of likely N-dealkylation sites (tertiary alicyclic amines) is 1. The monoisotopic (exact) mass is 394 g/mol. The molecule has 4 nitrogen and oxygen atoms in total. The highest BCUT2D eigenvalue weighted by atomic mass is 35.5. The van der Waals surface area contributed by atoms with Crippen LogP contribution in [0, 0.1) is 0 Å². The van der Waals surface area contributed by atoms with Crippen molar-refractivity contribution < 1.29 is 9.84 Å². The number of thiophene rings is 1. The number of piperidine rings is 1. The van der Waals surface area contributed by atoms with Gasteiger partial charge in [0, 0.05) is 42.5 Å². The fourth-order valence-corrected chi connectivity index (χ4v) is 5.56. The van der Waals surface area contributed by atoms with Crippen LogP contribution in [0.15, 0.2) is 24.5 Å². The molecule has 6 heteroatoms. The van der Waals surface area contributed by atoms with Gasteiger partial charge in [-0.25, -0.2) is 0 Å². The minimum atomic E-state index is -0.208. The highest BCUT2D eigenvalue weighted by Gasteiger charge is 2.43. The lowest BCUT2D eigenvalue weighted by Crippen LogP contribution is -2.45. The number of aromatic nitrogens is 1. The first-order valence-electron chi connectivity index (χ1n) is 9.38. The predicted molar refractivity (Wildman–Crippen MR) is 107 cm³/mol. The maximum atomic E-state index is 9.62. The zero-order chi connectivity index (χ0) is 18.6. The van der Waals surface area contributed by atoms with E-state index in [0.29, 0.717) is 0 Å². The lowest BCUT2D eigenvalue weighted by Gasteiger charge is -2.43. The first-order valence-corrected chi connectivity index (χ1v) is 10.6. The van der Waals surface area contributed by atoms with Crippen molar-refractivity contribution >= 4 is 22.9 Å². The van der Waals surface area contributed by atoms with Crippen molar-refractivity contribution in [2.24, 2.45) is 0 Å². The van der Waals surface area contributed by atoms with Crippen molar-refractivity contribution in [2.45, 2.75) is 51.9 Å². The summed E-state index contributed by atoms with van der Waals surface area (Å²) < 4.78 is 7.00. The maximum Gasteiger partial charge on any atom is 0.105 e. The molecule has 0 radical (unpaired) electrons. The Bertz CT molecular complexity index is 712. The van der Waals surface area contributed by atoms with Crippen LogP contribution in [-0.2, 0) is 29.9 Å². The number of nitrogens with zero attached hydrogens (tertiary/aromatic N) is 2. The van der Waals surface area contributed by atoms with Crippen molar-refractivity contribution in [3.05, 3.63) is 50.4 Å². The van der Waals surface area contributed by atoms with Crippen molar-refractivity contribution in [3.63, 3.8) is 0 Å². The van der Waals surface area contributed by atoms with Gasteiger partial charge in [-0.2, -0.15) is 0 Å². The van der Waals surface area contributed by atoms with Gasteiger partial charge in [0.1, 0.15) is 5.60 Å². The number of rotatable bonds is 3. The maximum absolute atomic E-state index is 9.62. The fourth-order valence-electron chi connectivity index (χ4n) is 3.87. The van der Waals surface area contributed by atoms with E-state index in [1.165, 1.54) is 16.0 Å². The van der Waals surface area contributed by atoms with E-state index < -0.39 is 0 Å². The Balaban J connectivity index is 0.000000948. The first kappa shape index (κ1) is 19.8. The van der Waals surface area contributed by atoms with Crippen LogP contribution in [0.3, 0.4) is 0 Å². The van der Waals surface area contributed by atoms with Crippen LogP contribution in [0.1, 0.15) is 48.3 Å². The average Bonchev–Trinajstić information content (AvgIpc) is 3.03. The summed E-state index contributed by atoms with van der Waals surface area (Å²) in [6.45, 7) is 7.67. The molecule has 2 aromatic heterocycles. The second-order valence-electron chi connectivity index (χ2n) is 6.55. The summed E-state index contributed by atoms with van der Waals surface area (Å²) >= 11 is 7.96. The van der Waals surface area contributed by atoms with Crippen molar-refractivity contribution in [2.75, 3.05) is 19.7 Å². The molecule has 0 unspecified atom stereocenters. The van der Waals surface area contributed by atoms with Crippen molar-refractivity contribution in [1.82, 2.24) is 9.88 Å². The smallest absolute Gasteiger partial charge is 0.105 e. The number of ether oxygens (including phenoxy) is 1. The van der Waals surface area contributed by atoms with Gasteiger partial charge in [0.2, 0.25) is 0 Å². The number of hydrogen-bond donors (Lipinski definition) is 1. The summed E-state index contributed by atoms with van der Waals surface area (Å²) in [7, 11) is 0. The zero-order valence-electron chi connectivity index (χ0n) is 15.5. The molecule has 1 N–H and O–H groups in total. The molecule has 0 aromatic carbocycles. The van der Waals surface area contributed by atoms with Crippen LogP contribution in [0.5, 0.6) is 0 Å². The molecule has 2 aliphatic rings. The molecule has 0 aliphatic carbocycles. The van der Waals surface area contributed by atoms with Gasteiger partial charge in [-0.15, -0.1) is 11.3 Å². The Morgan fingerprint density at radius 2 is 2.12 bits per heavy atom. The highest BCUT2D eigenvalue weighted by molar-refractivity contribution is 7.16. The molecule has 142 valence electrons. The molecule has 1 saturated heterocycles. The van der Waals surface area contributed by atoms with E-state index in [1.54, 1.807) is 11.3 Å². The summed E-state index contributed by atoms with van der Waals surface area (Å²) in [4.78, 5) is 7.91. The van der Waals surface area contributed by atoms with E-state index in [4.69, 9.17) is 16.3 Å². The molecule has 1 spiro atoms. The molecule has 4 heterocycles. The summed E-state index contributed by atoms with van der Waals surface area (Å²) in [5.41, 5.74) is 3.19. The molecule has 26 heavy (non-hydrogen) atoms. The quantitative estimate of drug-likeness (QED) is 0.839. The first-order chi connectivity index (χ1) is 12.7. The summed E-state index contributed by atoms with van der Waals surface area (Å²) in [6.07, 6.45) is 6.55. The van der Waals surface area contributed by atoms with Gasteiger partial charge < -0.3 is 9.84 Å². The molecule has 2 aliphatic heterocycles. The van der Waals surface area contributed by atoms with Gasteiger partial charge in [-0.05, 0) is 36.5 Å². The van der Waals surface area contributed by atoms with E-state index >= 15 is 0 Å². The van der Waals surface area contributed by atoms with E-state index in [2.05, 4.69) is 16.0 Å². The Kier molecular flexibility index (Phi) is 6.70. The standard InChI is InChI=1S/C18H21ClN2O2S.C2H6/c19-17-15(12-22)14-3-9-23-18(16(14)24-17)4-7-21(8-5-18)11-13-2-1-6-20-10-13;1-2/h1-2,6,10,22H,3-5,7-9,11-12H2;1-2H3. The molecular formula is C20H27ClN2O2S. The van der Waals surface area contributed by atoms with Crippen LogP contribution in [-0.4, -0.2) is 34.7 Å². The Morgan fingerprint density at radius 3 is 2.77 bits per heavy atom. The second-order valence-corrected chi connectivity index (χ2v) is 8.17. The van der Waals surface area contributed by atoms with E-state index in [9.17, 15) is 5.11 Å². The van der Waals surface area contributed by atoms with Gasteiger partial charge in [-0.1, -0.05) is 31.5 Å². The molecule has 0 bridgehead atoms. The number of halogens is 1. The molecular weight excluding hydrogens is 368 g/mol. The molecule has 0 amide bonds. The van der Waals surface area contributed by atoms with Crippen LogP contribution in [0.2, 0.25) is 4.34 Å². The number of hydrogen-bond acceptors (Lipinski definition) is 5. The SMILES string of the molecule is CC.OCc1c(Cl)sc2c1CCOC21CCN(Cc2cccnc2)CC1. The third-order valence-electron chi connectivity index (χ3n) is 5.16. The molecule has 0 atom stereocenters. The van der Waals surface area contributed by atoms with Gasteiger partial charge in [0.15, 0.2) is 0 Å². The van der Waals surface area contributed by atoms with E-state index in [-0.39, 0.29) is 12.2 Å². The van der Waals surface area contributed by atoms with Crippen LogP contribution < -0.4 is 0 Å². The molecule has 4 rings (SSSR count). The van der Waals surface area contributed by atoms with E-state index in [0.717, 1.165) is 55.4 Å². The predicted octanol–water partition coefficient (Wildman–Crippen LogP) is 4.38. The molecule has 1 fully saturated rings. The largest absolute Gasteiger partial charge is 0.392 e. The lowest BCUT2D eigenvalue weighted by molar-refractivity contribution is -0.0962. The van der Waals surface area contributed by atoms with Crippen LogP contribution >= 0.6 is 22.9 Å². The van der Waals surface area contributed by atoms with Gasteiger partial charge in [0.05, 0.1) is 17.6 Å². The summed E-state index contributed by atoms with van der Waals surface area (Å²) in [6, 6.07) is 4.11. The third-order valence-corrected chi connectivity index (χ3v) is 6.87. The van der Waals surface area contributed by atoms with Crippen LogP contribution in [0.25, 0.3) is 0 Å². The number of aliphatic hydroxyl groups excluding tert-OH is 1. The summed E-state index contributed by atoms with van der Waals surface area (Å²) in [5, 5.41) is 9.62. The number of pyridine rings is 1. The Hall–Kier alpha value is -0.980. The molecule has 0 saturated carbocycles. The second kappa shape index (κ2) is 8.81. The van der Waals surface area contributed by atoms with E-state index in [1.807, 2.05) is 32.3 Å². The minimum absolute atomic E-state index is 0.0217. The molecule has 2 aromatic rings. The average molecular weight is 395 g/mol. The minimum Gasteiger partial charge on any atom is -0.392 e. The third kappa shape index (κ3) is 3.82. The van der Waals surface area contributed by atoms with Gasteiger partial charge in [-0.3, -0.25) is 9.88 Å². The zero-order valence-corrected chi connectivity index (χ0v) is 17.1. The van der Waals surface area contributed by atoms with Crippen molar-refractivity contribution in [1.29, 1.82) is 0 Å². The Morgan fingerprint density at radius 1 is 1.35 bits per heavy atom. The lowest BCUT2D eigenvalue weighted by atomic mass is 9.84. The van der Waals surface area contributed by atoms with Crippen molar-refractivity contribution in [3.8, 4) is 0 Å². The summed E-state index contributed by atoms with van der Waals surface area (Å²) in [5.74, 6) is 0. The fraction of sp³-hybridized carbons (Fsp3) is 0.550. The normalized spacial score (nSPS) is 18.9.